The van der Waals surface area contributed by atoms with Crippen LogP contribution in [0.15, 0.2) is 24.3 Å². The van der Waals surface area contributed by atoms with Crippen LogP contribution < -0.4 is 5.32 Å². The number of anilines is 1. The van der Waals surface area contributed by atoms with Gasteiger partial charge in [-0.1, -0.05) is 19.9 Å². The SMILES string of the molecule is CC1CCN(CC(=O)Nc2cccc(C#N)c2)CC1C. The predicted octanol–water partition coefficient (Wildman–Crippen LogP) is 2.47. The van der Waals surface area contributed by atoms with Crippen molar-refractivity contribution < 1.29 is 4.79 Å². The van der Waals surface area contributed by atoms with E-state index in [0.29, 0.717) is 23.7 Å². The van der Waals surface area contributed by atoms with E-state index >= 15 is 0 Å². The number of nitrogens with zero attached hydrogens (tertiary/aromatic N) is 2. The Morgan fingerprint density at radius 3 is 2.95 bits per heavy atom. The Bertz CT molecular complexity index is 521. The number of rotatable bonds is 3. The molecule has 20 heavy (non-hydrogen) atoms. The van der Waals surface area contributed by atoms with Gasteiger partial charge >= 0.3 is 0 Å². The molecule has 0 aliphatic carbocycles. The largest absolute Gasteiger partial charge is 0.325 e. The third-order valence-corrected chi connectivity index (χ3v) is 4.06. The van der Waals surface area contributed by atoms with Crippen LogP contribution in [0.5, 0.6) is 0 Å². The second-order valence-corrected chi connectivity index (χ2v) is 5.72. The average molecular weight is 271 g/mol. The number of carbonyl (C=O) groups is 1. The molecule has 1 heterocycles. The Morgan fingerprint density at radius 1 is 1.45 bits per heavy atom. The van der Waals surface area contributed by atoms with E-state index in [0.717, 1.165) is 25.4 Å². The molecule has 0 aromatic heterocycles. The van der Waals surface area contributed by atoms with Gasteiger partial charge in [0.1, 0.15) is 0 Å². The van der Waals surface area contributed by atoms with Gasteiger partial charge in [0.2, 0.25) is 5.91 Å². The molecule has 1 aliphatic rings. The van der Waals surface area contributed by atoms with Crippen LogP contribution in [0.25, 0.3) is 0 Å². The third-order valence-electron chi connectivity index (χ3n) is 4.06. The minimum Gasteiger partial charge on any atom is -0.325 e. The first-order chi connectivity index (χ1) is 9.58. The molecule has 0 radical (unpaired) electrons. The molecule has 0 bridgehead atoms. The molecule has 4 nitrogen and oxygen atoms in total. The number of hydrogen-bond donors (Lipinski definition) is 1. The summed E-state index contributed by atoms with van der Waals surface area (Å²) in [6.45, 7) is 6.90. The minimum absolute atomic E-state index is 0.0122. The fourth-order valence-corrected chi connectivity index (χ4v) is 2.56. The number of piperidine rings is 1. The Kier molecular flexibility index (Phi) is 4.75. The van der Waals surface area contributed by atoms with Crippen molar-refractivity contribution in [1.82, 2.24) is 4.90 Å². The lowest BCUT2D eigenvalue weighted by Crippen LogP contribution is -2.42. The molecule has 1 aromatic rings. The third kappa shape index (κ3) is 3.82. The zero-order valence-corrected chi connectivity index (χ0v) is 12.1. The van der Waals surface area contributed by atoms with Crippen LogP contribution in [-0.4, -0.2) is 30.4 Å². The second kappa shape index (κ2) is 6.53. The molecule has 2 rings (SSSR count). The topological polar surface area (TPSA) is 56.1 Å². The summed E-state index contributed by atoms with van der Waals surface area (Å²) in [5.74, 6) is 1.36. The van der Waals surface area contributed by atoms with Gasteiger partial charge in [-0.2, -0.15) is 5.26 Å². The summed E-state index contributed by atoms with van der Waals surface area (Å²) in [7, 11) is 0. The Balaban J connectivity index is 1.88. The molecule has 2 atom stereocenters. The van der Waals surface area contributed by atoms with Crippen molar-refractivity contribution >= 4 is 11.6 Å². The fourth-order valence-electron chi connectivity index (χ4n) is 2.56. The van der Waals surface area contributed by atoms with E-state index in [-0.39, 0.29) is 5.91 Å². The molecule has 1 N–H and O–H groups in total. The van der Waals surface area contributed by atoms with Gasteiger partial charge in [-0.3, -0.25) is 9.69 Å². The number of amides is 1. The first kappa shape index (κ1) is 14.5. The van der Waals surface area contributed by atoms with Gasteiger partial charge in [0, 0.05) is 12.2 Å². The number of carbonyl (C=O) groups excluding carboxylic acids is 1. The van der Waals surface area contributed by atoms with Crippen LogP contribution in [0, 0.1) is 23.2 Å². The second-order valence-electron chi connectivity index (χ2n) is 5.72. The summed E-state index contributed by atoms with van der Waals surface area (Å²) in [4.78, 5) is 14.2. The highest BCUT2D eigenvalue weighted by Gasteiger charge is 2.23. The van der Waals surface area contributed by atoms with Gasteiger partial charge in [-0.05, 0) is 43.0 Å². The maximum Gasteiger partial charge on any atom is 0.238 e. The lowest BCUT2D eigenvalue weighted by Gasteiger charge is -2.34. The van der Waals surface area contributed by atoms with Crippen LogP contribution >= 0.6 is 0 Å². The van der Waals surface area contributed by atoms with E-state index in [1.54, 1.807) is 24.3 Å². The highest BCUT2D eigenvalue weighted by Crippen LogP contribution is 2.22. The van der Waals surface area contributed by atoms with E-state index < -0.39 is 0 Å². The van der Waals surface area contributed by atoms with Crippen molar-refractivity contribution in [1.29, 1.82) is 5.26 Å². The van der Waals surface area contributed by atoms with Crippen LogP contribution in [0.1, 0.15) is 25.8 Å². The van der Waals surface area contributed by atoms with Crippen molar-refractivity contribution in [2.45, 2.75) is 20.3 Å². The van der Waals surface area contributed by atoms with Crippen molar-refractivity contribution in [2.75, 3.05) is 25.0 Å². The molecule has 106 valence electrons. The van der Waals surface area contributed by atoms with E-state index in [9.17, 15) is 4.79 Å². The standard InChI is InChI=1S/C16H21N3O/c1-12-6-7-19(10-13(12)2)11-16(20)18-15-5-3-4-14(8-15)9-17/h3-5,8,12-13H,6-7,10-11H2,1-2H3,(H,18,20). The van der Waals surface area contributed by atoms with Gasteiger partial charge in [-0.25, -0.2) is 0 Å². The summed E-state index contributed by atoms with van der Waals surface area (Å²) >= 11 is 0. The van der Waals surface area contributed by atoms with E-state index in [1.165, 1.54) is 0 Å². The Labute approximate surface area is 120 Å². The van der Waals surface area contributed by atoms with Crippen molar-refractivity contribution in [3.05, 3.63) is 29.8 Å². The lowest BCUT2D eigenvalue weighted by molar-refractivity contribution is -0.117. The van der Waals surface area contributed by atoms with Crippen molar-refractivity contribution in [3.8, 4) is 6.07 Å². The highest BCUT2D eigenvalue weighted by molar-refractivity contribution is 5.92. The maximum atomic E-state index is 12.0. The van der Waals surface area contributed by atoms with E-state index in [2.05, 4.69) is 30.1 Å². The number of hydrogen-bond acceptors (Lipinski definition) is 3. The Morgan fingerprint density at radius 2 is 2.25 bits per heavy atom. The van der Waals surface area contributed by atoms with Gasteiger partial charge in [0.15, 0.2) is 0 Å². The molecule has 1 aromatic carbocycles. The number of nitriles is 1. The van der Waals surface area contributed by atoms with Crippen LogP contribution in [0.4, 0.5) is 5.69 Å². The molecular formula is C16H21N3O. The van der Waals surface area contributed by atoms with E-state index in [1.807, 2.05) is 0 Å². The molecule has 1 saturated heterocycles. The van der Waals surface area contributed by atoms with Gasteiger partial charge < -0.3 is 5.32 Å². The molecule has 1 aliphatic heterocycles. The summed E-state index contributed by atoms with van der Waals surface area (Å²) < 4.78 is 0. The number of likely N-dealkylation sites (tertiary alicyclic amines) is 1. The summed E-state index contributed by atoms with van der Waals surface area (Å²) in [5.41, 5.74) is 1.25. The van der Waals surface area contributed by atoms with E-state index in [4.69, 9.17) is 5.26 Å². The first-order valence-electron chi connectivity index (χ1n) is 7.11. The van der Waals surface area contributed by atoms with Crippen LogP contribution in [-0.2, 0) is 4.79 Å². The minimum atomic E-state index is -0.0122. The molecule has 2 unspecified atom stereocenters. The van der Waals surface area contributed by atoms with Gasteiger partial charge in [0.05, 0.1) is 18.2 Å². The normalized spacial score (nSPS) is 23.1. The van der Waals surface area contributed by atoms with Crippen LogP contribution in [0.2, 0.25) is 0 Å². The highest BCUT2D eigenvalue weighted by atomic mass is 16.2. The van der Waals surface area contributed by atoms with Crippen LogP contribution in [0.3, 0.4) is 0 Å². The predicted molar refractivity (Wildman–Crippen MR) is 79.2 cm³/mol. The average Bonchev–Trinajstić information content (AvgIpc) is 2.43. The first-order valence-corrected chi connectivity index (χ1v) is 7.11. The summed E-state index contributed by atoms with van der Waals surface area (Å²) in [5, 5.41) is 11.7. The molecule has 0 saturated carbocycles. The monoisotopic (exact) mass is 271 g/mol. The zero-order valence-electron chi connectivity index (χ0n) is 12.1. The smallest absolute Gasteiger partial charge is 0.238 e. The molecular weight excluding hydrogens is 250 g/mol. The quantitative estimate of drug-likeness (QED) is 0.918. The molecule has 1 amide bonds. The van der Waals surface area contributed by atoms with Crippen molar-refractivity contribution in [2.24, 2.45) is 11.8 Å². The molecule has 4 heteroatoms. The van der Waals surface area contributed by atoms with Gasteiger partial charge in [-0.15, -0.1) is 0 Å². The lowest BCUT2D eigenvalue weighted by atomic mass is 9.89. The zero-order chi connectivity index (χ0) is 14.5. The fraction of sp³-hybridized carbons (Fsp3) is 0.500. The maximum absolute atomic E-state index is 12.0. The number of nitrogens with one attached hydrogen (secondary N) is 1. The van der Waals surface area contributed by atoms with Crippen molar-refractivity contribution in [3.63, 3.8) is 0 Å². The number of benzene rings is 1. The van der Waals surface area contributed by atoms with Gasteiger partial charge in [0.25, 0.3) is 0 Å². The summed E-state index contributed by atoms with van der Waals surface area (Å²) in [6.07, 6.45) is 1.15. The Hall–Kier alpha value is -1.86. The molecule has 1 fully saturated rings. The summed E-state index contributed by atoms with van der Waals surface area (Å²) in [6, 6.07) is 9.07. The molecule has 0 spiro atoms.